The maximum Gasteiger partial charge on any atom is 0.416 e. The lowest BCUT2D eigenvalue weighted by atomic mass is 9.96. The summed E-state index contributed by atoms with van der Waals surface area (Å²) in [6, 6.07) is 11.2. The zero-order valence-corrected chi connectivity index (χ0v) is 20.2. The smallest absolute Gasteiger partial charge is 0.416 e. The molecule has 2 aliphatic heterocycles. The molecule has 1 aromatic heterocycles. The highest BCUT2D eigenvalue weighted by Gasteiger charge is 2.33. The number of halogens is 3. The molecule has 2 aliphatic rings. The van der Waals surface area contributed by atoms with Gasteiger partial charge in [-0.15, -0.1) is 0 Å². The molecule has 1 amide bonds. The highest BCUT2D eigenvalue weighted by Crippen LogP contribution is 2.34. The molecule has 5 rings (SSSR count). The first-order valence-electron chi connectivity index (χ1n) is 11.7. The van der Waals surface area contributed by atoms with Crippen LogP contribution >= 0.6 is 11.3 Å². The maximum atomic E-state index is 13.3. The fourth-order valence-corrected chi connectivity index (χ4v) is 5.86. The number of thiazole rings is 1. The van der Waals surface area contributed by atoms with Crippen molar-refractivity contribution >= 4 is 38.3 Å². The Labute approximate surface area is 205 Å². The van der Waals surface area contributed by atoms with Crippen LogP contribution in [0.5, 0.6) is 5.75 Å². The van der Waals surface area contributed by atoms with Gasteiger partial charge in [-0.1, -0.05) is 17.4 Å². The Morgan fingerprint density at radius 3 is 2.60 bits per heavy atom. The first-order valence-corrected chi connectivity index (χ1v) is 12.5. The lowest BCUT2D eigenvalue weighted by Crippen LogP contribution is -2.52. The van der Waals surface area contributed by atoms with Crippen LogP contribution in [0.25, 0.3) is 10.2 Å². The third kappa shape index (κ3) is 5.03. The molecule has 10 heteroatoms. The molecule has 0 bridgehead atoms. The van der Waals surface area contributed by atoms with Crippen molar-refractivity contribution in [1.29, 1.82) is 0 Å². The van der Waals surface area contributed by atoms with Crippen molar-refractivity contribution in [2.45, 2.75) is 19.0 Å². The fraction of sp³-hybridized carbons (Fsp3) is 0.440. The van der Waals surface area contributed by atoms with E-state index < -0.39 is 11.7 Å². The van der Waals surface area contributed by atoms with Crippen LogP contribution in [0.2, 0.25) is 0 Å². The van der Waals surface area contributed by atoms with Gasteiger partial charge in [0.05, 0.1) is 28.8 Å². The minimum atomic E-state index is -4.37. The zero-order valence-electron chi connectivity index (χ0n) is 19.4. The second-order valence-electron chi connectivity index (χ2n) is 8.98. The van der Waals surface area contributed by atoms with Crippen molar-refractivity contribution in [1.82, 2.24) is 9.88 Å². The van der Waals surface area contributed by atoms with Crippen molar-refractivity contribution < 1.29 is 22.7 Å². The number of fused-ring (bicyclic) bond motifs is 1. The van der Waals surface area contributed by atoms with Crippen LogP contribution in [0.1, 0.15) is 18.4 Å². The average Bonchev–Trinajstić information content (AvgIpc) is 3.31. The van der Waals surface area contributed by atoms with Gasteiger partial charge in [0, 0.05) is 45.0 Å². The van der Waals surface area contributed by atoms with Crippen molar-refractivity contribution in [2.75, 3.05) is 56.2 Å². The number of carbonyl (C=O) groups is 1. The molecule has 0 aliphatic carbocycles. The molecule has 6 nitrogen and oxygen atoms in total. The zero-order chi connectivity index (χ0) is 24.6. The summed E-state index contributed by atoms with van der Waals surface area (Å²) in [4.78, 5) is 24.1. The number of ether oxygens (including phenoxy) is 1. The molecular formula is C25H27F3N4O2S. The van der Waals surface area contributed by atoms with Gasteiger partial charge in [-0.2, -0.15) is 13.2 Å². The van der Waals surface area contributed by atoms with E-state index in [1.165, 1.54) is 12.1 Å². The first kappa shape index (κ1) is 23.7. The van der Waals surface area contributed by atoms with Crippen LogP contribution < -0.4 is 14.5 Å². The number of aromatic nitrogens is 1. The van der Waals surface area contributed by atoms with Crippen LogP contribution in [-0.2, 0) is 11.0 Å². The summed E-state index contributed by atoms with van der Waals surface area (Å²) in [5.74, 6) is 0.815. The average molecular weight is 505 g/mol. The Bertz CT molecular complexity index is 1210. The number of methoxy groups -OCH3 is 1. The minimum Gasteiger partial charge on any atom is -0.497 e. The monoisotopic (exact) mass is 504 g/mol. The summed E-state index contributed by atoms with van der Waals surface area (Å²) in [6.45, 7) is 3.54. The van der Waals surface area contributed by atoms with Crippen LogP contribution in [0.4, 0.5) is 24.0 Å². The van der Waals surface area contributed by atoms with Gasteiger partial charge < -0.3 is 19.4 Å². The Balaban J connectivity index is 1.21. The molecule has 3 aromatic rings. The number of rotatable bonds is 4. The second kappa shape index (κ2) is 9.56. The van der Waals surface area contributed by atoms with Crippen LogP contribution in [-0.4, -0.2) is 62.2 Å². The summed E-state index contributed by atoms with van der Waals surface area (Å²) in [7, 11) is 1.64. The molecule has 2 aromatic carbocycles. The van der Waals surface area contributed by atoms with Gasteiger partial charge >= 0.3 is 6.18 Å². The summed E-state index contributed by atoms with van der Waals surface area (Å²) >= 11 is 1.61. The van der Waals surface area contributed by atoms with Gasteiger partial charge in [-0.05, 0) is 49.2 Å². The summed E-state index contributed by atoms with van der Waals surface area (Å²) in [6.07, 6.45) is -2.61. The number of nitrogens with zero attached hydrogens (tertiary/aromatic N) is 4. The lowest BCUT2D eigenvalue weighted by Gasteiger charge is -2.39. The number of benzene rings is 2. The predicted octanol–water partition coefficient (Wildman–Crippen LogP) is 4.89. The van der Waals surface area contributed by atoms with E-state index in [0.717, 1.165) is 46.6 Å². The standard InChI is InChI=1S/C25H27F3N4O2S/c1-34-20-7-8-21-22(15-20)35-24(29-21)32-9-3-4-17(16-32)23(33)31-12-10-30(11-13-31)19-6-2-5-18(14-19)25(26,27)28/h2,5-8,14-15,17H,3-4,9-13,16H2,1H3. The van der Waals surface area contributed by atoms with Gasteiger partial charge in [0.1, 0.15) is 5.75 Å². The number of hydrogen-bond donors (Lipinski definition) is 0. The summed E-state index contributed by atoms with van der Waals surface area (Å²) in [5, 5.41) is 0.917. The Hall–Kier alpha value is -3.01. The van der Waals surface area contributed by atoms with Crippen LogP contribution in [0.15, 0.2) is 42.5 Å². The number of amides is 1. The van der Waals surface area contributed by atoms with E-state index in [4.69, 9.17) is 9.72 Å². The first-order chi connectivity index (χ1) is 16.8. The third-order valence-electron chi connectivity index (χ3n) is 6.76. The topological polar surface area (TPSA) is 48.9 Å². The SMILES string of the molecule is COc1ccc2nc(N3CCCC(C(=O)N4CCN(c5cccc(C(F)(F)F)c5)CC4)C3)sc2c1. The van der Waals surface area contributed by atoms with Gasteiger partial charge in [-0.3, -0.25) is 4.79 Å². The molecule has 0 spiro atoms. The molecule has 0 saturated carbocycles. The largest absolute Gasteiger partial charge is 0.497 e. The number of piperidine rings is 1. The van der Waals surface area contributed by atoms with Gasteiger partial charge in [-0.25, -0.2) is 4.98 Å². The van der Waals surface area contributed by atoms with E-state index in [-0.39, 0.29) is 11.8 Å². The molecule has 0 N–H and O–H groups in total. The van der Waals surface area contributed by atoms with Crippen LogP contribution in [0.3, 0.4) is 0 Å². The number of alkyl halides is 3. The highest BCUT2D eigenvalue weighted by molar-refractivity contribution is 7.22. The Morgan fingerprint density at radius 1 is 1.06 bits per heavy atom. The number of piperazine rings is 1. The lowest BCUT2D eigenvalue weighted by molar-refractivity contribution is -0.137. The van der Waals surface area contributed by atoms with E-state index in [1.54, 1.807) is 24.5 Å². The summed E-state index contributed by atoms with van der Waals surface area (Å²) in [5.41, 5.74) is 0.817. The normalized spacial score (nSPS) is 19.3. The predicted molar refractivity (Wildman–Crippen MR) is 131 cm³/mol. The van der Waals surface area contributed by atoms with E-state index in [1.807, 2.05) is 28.0 Å². The van der Waals surface area contributed by atoms with Crippen molar-refractivity contribution in [3.05, 3.63) is 48.0 Å². The van der Waals surface area contributed by atoms with Crippen molar-refractivity contribution in [2.24, 2.45) is 5.92 Å². The molecule has 2 fully saturated rings. The Morgan fingerprint density at radius 2 is 1.86 bits per heavy atom. The summed E-state index contributed by atoms with van der Waals surface area (Å²) < 4.78 is 45.6. The van der Waals surface area contributed by atoms with E-state index in [9.17, 15) is 18.0 Å². The maximum absolute atomic E-state index is 13.3. The van der Waals surface area contributed by atoms with E-state index >= 15 is 0 Å². The molecule has 2 saturated heterocycles. The quantitative estimate of drug-likeness (QED) is 0.507. The number of hydrogen-bond acceptors (Lipinski definition) is 6. The number of carbonyl (C=O) groups excluding carboxylic acids is 1. The van der Waals surface area contributed by atoms with E-state index in [0.29, 0.717) is 38.4 Å². The van der Waals surface area contributed by atoms with Crippen molar-refractivity contribution in [3.8, 4) is 5.75 Å². The van der Waals surface area contributed by atoms with Gasteiger partial charge in [0.25, 0.3) is 0 Å². The van der Waals surface area contributed by atoms with Gasteiger partial charge in [0.2, 0.25) is 5.91 Å². The van der Waals surface area contributed by atoms with E-state index in [2.05, 4.69) is 4.90 Å². The minimum absolute atomic E-state index is 0.106. The molecular weight excluding hydrogens is 477 g/mol. The Kier molecular flexibility index (Phi) is 6.48. The second-order valence-corrected chi connectivity index (χ2v) is 9.98. The molecule has 1 unspecified atom stereocenters. The van der Waals surface area contributed by atoms with Crippen LogP contribution in [0, 0.1) is 5.92 Å². The van der Waals surface area contributed by atoms with Gasteiger partial charge in [0.15, 0.2) is 5.13 Å². The molecule has 186 valence electrons. The highest BCUT2D eigenvalue weighted by atomic mass is 32.1. The molecule has 1 atom stereocenters. The molecule has 35 heavy (non-hydrogen) atoms. The van der Waals surface area contributed by atoms with Crippen molar-refractivity contribution in [3.63, 3.8) is 0 Å². The fourth-order valence-electron chi connectivity index (χ4n) is 4.83. The number of anilines is 2. The third-order valence-corrected chi connectivity index (χ3v) is 7.83. The molecule has 0 radical (unpaired) electrons. The molecule has 3 heterocycles.